The number of aryl methyl sites for hydroxylation is 3. The Morgan fingerprint density at radius 2 is 1.81 bits per heavy atom. The Kier molecular flexibility index (Phi) is 2.69. The highest BCUT2D eigenvalue weighted by atomic mass is 16.5. The van der Waals surface area contributed by atoms with Crippen LogP contribution in [0.15, 0.2) is 24.7 Å². The van der Waals surface area contributed by atoms with E-state index in [9.17, 15) is 0 Å². The van der Waals surface area contributed by atoms with E-state index in [1.807, 2.05) is 24.0 Å². The molecule has 2 aromatic rings. The van der Waals surface area contributed by atoms with E-state index in [1.54, 1.807) is 7.11 Å². The summed E-state index contributed by atoms with van der Waals surface area (Å²) in [6, 6.07) is 4.18. The molecule has 0 saturated heterocycles. The van der Waals surface area contributed by atoms with Crippen molar-refractivity contribution in [2.24, 2.45) is 0 Å². The molecule has 0 radical (unpaired) electrons. The summed E-state index contributed by atoms with van der Waals surface area (Å²) in [6.07, 6.45) is 3.80. The molecule has 0 saturated carbocycles. The Morgan fingerprint density at radius 3 is 2.38 bits per heavy atom. The molecular formula is C13H16N2O. The average Bonchev–Trinajstić information content (AvgIpc) is 2.68. The van der Waals surface area contributed by atoms with Crippen molar-refractivity contribution in [1.82, 2.24) is 9.55 Å². The van der Waals surface area contributed by atoms with Gasteiger partial charge in [0.2, 0.25) is 0 Å². The van der Waals surface area contributed by atoms with Crippen LogP contribution in [0.1, 0.15) is 16.8 Å². The van der Waals surface area contributed by atoms with Crippen LogP contribution in [0.25, 0.3) is 5.69 Å². The summed E-state index contributed by atoms with van der Waals surface area (Å²) >= 11 is 0. The van der Waals surface area contributed by atoms with Crippen LogP contribution in [0.3, 0.4) is 0 Å². The van der Waals surface area contributed by atoms with E-state index in [-0.39, 0.29) is 0 Å². The standard InChI is InChI=1S/C13H16N2O/c1-9-5-12(13(16-4)6-10(9)2)15-7-11(3)14-8-15/h5-8H,1-4H3. The molecule has 3 heteroatoms. The van der Waals surface area contributed by atoms with Crippen molar-refractivity contribution in [2.75, 3.05) is 7.11 Å². The maximum absolute atomic E-state index is 5.40. The molecule has 2 rings (SSSR count). The minimum absolute atomic E-state index is 0.875. The minimum atomic E-state index is 0.875. The SMILES string of the molecule is COc1cc(C)c(C)cc1-n1cnc(C)c1. The van der Waals surface area contributed by atoms with Crippen LogP contribution < -0.4 is 4.74 Å². The van der Waals surface area contributed by atoms with Crippen LogP contribution in [-0.2, 0) is 0 Å². The predicted octanol–water partition coefficient (Wildman–Crippen LogP) is 2.81. The third-order valence-electron chi connectivity index (χ3n) is 2.79. The highest BCUT2D eigenvalue weighted by Gasteiger charge is 2.07. The summed E-state index contributed by atoms with van der Waals surface area (Å²) in [4.78, 5) is 4.23. The Hall–Kier alpha value is -1.77. The lowest BCUT2D eigenvalue weighted by atomic mass is 10.1. The van der Waals surface area contributed by atoms with Crippen molar-refractivity contribution < 1.29 is 4.74 Å². The molecular weight excluding hydrogens is 200 g/mol. The maximum Gasteiger partial charge on any atom is 0.143 e. The smallest absolute Gasteiger partial charge is 0.143 e. The number of aromatic nitrogens is 2. The van der Waals surface area contributed by atoms with Crippen LogP contribution in [-0.4, -0.2) is 16.7 Å². The van der Waals surface area contributed by atoms with Gasteiger partial charge in [-0.3, -0.25) is 0 Å². The van der Waals surface area contributed by atoms with E-state index in [2.05, 4.69) is 31.0 Å². The largest absolute Gasteiger partial charge is 0.495 e. The lowest BCUT2D eigenvalue weighted by Crippen LogP contribution is -1.97. The van der Waals surface area contributed by atoms with E-state index >= 15 is 0 Å². The number of benzene rings is 1. The Balaban J connectivity index is 2.59. The number of hydrogen-bond donors (Lipinski definition) is 0. The Labute approximate surface area is 95.7 Å². The summed E-state index contributed by atoms with van der Waals surface area (Å²) in [5, 5.41) is 0. The molecule has 16 heavy (non-hydrogen) atoms. The predicted molar refractivity (Wildman–Crippen MR) is 64.3 cm³/mol. The summed E-state index contributed by atoms with van der Waals surface area (Å²) < 4.78 is 7.38. The highest BCUT2D eigenvalue weighted by molar-refractivity contribution is 5.52. The molecule has 0 atom stereocenters. The van der Waals surface area contributed by atoms with E-state index < -0.39 is 0 Å². The molecule has 0 aliphatic heterocycles. The summed E-state index contributed by atoms with van der Waals surface area (Å²) in [5.41, 5.74) is 4.52. The van der Waals surface area contributed by atoms with Crippen molar-refractivity contribution in [3.8, 4) is 11.4 Å². The molecule has 0 amide bonds. The molecule has 1 aromatic carbocycles. The van der Waals surface area contributed by atoms with Gasteiger partial charge in [0, 0.05) is 6.20 Å². The van der Waals surface area contributed by atoms with Gasteiger partial charge in [0.25, 0.3) is 0 Å². The number of hydrogen-bond acceptors (Lipinski definition) is 2. The van der Waals surface area contributed by atoms with Crippen molar-refractivity contribution in [2.45, 2.75) is 20.8 Å². The van der Waals surface area contributed by atoms with E-state index in [0.717, 1.165) is 17.1 Å². The number of imidazole rings is 1. The molecule has 0 aliphatic rings. The first-order valence-corrected chi connectivity index (χ1v) is 5.28. The molecule has 0 unspecified atom stereocenters. The fourth-order valence-corrected chi connectivity index (χ4v) is 1.69. The van der Waals surface area contributed by atoms with Gasteiger partial charge in [-0.15, -0.1) is 0 Å². The zero-order valence-electron chi connectivity index (χ0n) is 10.1. The maximum atomic E-state index is 5.40. The number of ether oxygens (including phenoxy) is 1. The Morgan fingerprint density at radius 1 is 1.12 bits per heavy atom. The molecule has 84 valence electrons. The molecule has 0 N–H and O–H groups in total. The lowest BCUT2D eigenvalue weighted by Gasteiger charge is -2.12. The topological polar surface area (TPSA) is 27.1 Å². The number of nitrogens with zero attached hydrogens (tertiary/aromatic N) is 2. The molecule has 0 spiro atoms. The van der Waals surface area contributed by atoms with E-state index in [1.165, 1.54) is 11.1 Å². The third-order valence-corrected chi connectivity index (χ3v) is 2.79. The molecule has 1 aromatic heterocycles. The normalized spacial score (nSPS) is 10.5. The van der Waals surface area contributed by atoms with Gasteiger partial charge in [0.1, 0.15) is 5.75 Å². The van der Waals surface area contributed by atoms with Crippen LogP contribution in [0, 0.1) is 20.8 Å². The quantitative estimate of drug-likeness (QED) is 0.771. The van der Waals surface area contributed by atoms with Crippen LogP contribution >= 0.6 is 0 Å². The second kappa shape index (κ2) is 4.00. The van der Waals surface area contributed by atoms with Gasteiger partial charge < -0.3 is 9.30 Å². The van der Waals surface area contributed by atoms with Gasteiger partial charge >= 0.3 is 0 Å². The first-order valence-electron chi connectivity index (χ1n) is 5.28. The highest BCUT2D eigenvalue weighted by Crippen LogP contribution is 2.26. The molecule has 1 heterocycles. The minimum Gasteiger partial charge on any atom is -0.495 e. The van der Waals surface area contributed by atoms with Crippen LogP contribution in [0.2, 0.25) is 0 Å². The fourth-order valence-electron chi connectivity index (χ4n) is 1.69. The van der Waals surface area contributed by atoms with E-state index in [4.69, 9.17) is 4.74 Å². The van der Waals surface area contributed by atoms with Crippen molar-refractivity contribution in [1.29, 1.82) is 0 Å². The van der Waals surface area contributed by atoms with Gasteiger partial charge in [-0.25, -0.2) is 4.98 Å². The number of rotatable bonds is 2. The molecule has 0 fully saturated rings. The van der Waals surface area contributed by atoms with Crippen LogP contribution in [0.4, 0.5) is 0 Å². The Bertz CT molecular complexity index is 515. The van der Waals surface area contributed by atoms with Crippen molar-refractivity contribution in [3.63, 3.8) is 0 Å². The van der Waals surface area contributed by atoms with E-state index in [0.29, 0.717) is 0 Å². The van der Waals surface area contributed by atoms with Crippen LogP contribution in [0.5, 0.6) is 5.75 Å². The summed E-state index contributed by atoms with van der Waals surface area (Å²) in [6.45, 7) is 6.16. The third kappa shape index (κ3) is 1.81. The van der Waals surface area contributed by atoms with Gasteiger partial charge in [-0.1, -0.05) is 0 Å². The first kappa shape index (κ1) is 10.7. The zero-order chi connectivity index (χ0) is 11.7. The summed E-state index contributed by atoms with van der Waals surface area (Å²) in [5.74, 6) is 0.875. The summed E-state index contributed by atoms with van der Waals surface area (Å²) in [7, 11) is 1.69. The van der Waals surface area contributed by atoms with Gasteiger partial charge in [0.05, 0.1) is 24.8 Å². The molecule has 0 bridgehead atoms. The van der Waals surface area contributed by atoms with Crippen molar-refractivity contribution in [3.05, 3.63) is 41.5 Å². The zero-order valence-corrected chi connectivity index (χ0v) is 10.1. The van der Waals surface area contributed by atoms with Gasteiger partial charge in [-0.2, -0.15) is 0 Å². The number of methoxy groups -OCH3 is 1. The second-order valence-corrected chi connectivity index (χ2v) is 4.03. The van der Waals surface area contributed by atoms with Gasteiger partial charge in [-0.05, 0) is 44.0 Å². The molecule has 0 aliphatic carbocycles. The second-order valence-electron chi connectivity index (χ2n) is 4.03. The average molecular weight is 216 g/mol. The van der Waals surface area contributed by atoms with Gasteiger partial charge in [0.15, 0.2) is 0 Å². The first-order chi connectivity index (χ1) is 7.61. The van der Waals surface area contributed by atoms with Crippen molar-refractivity contribution >= 4 is 0 Å². The lowest BCUT2D eigenvalue weighted by molar-refractivity contribution is 0.412. The molecule has 3 nitrogen and oxygen atoms in total. The fraction of sp³-hybridized carbons (Fsp3) is 0.308. The monoisotopic (exact) mass is 216 g/mol.